The number of aromatic nitrogens is 1. The van der Waals surface area contributed by atoms with Crippen molar-refractivity contribution >= 4 is 0 Å². The Morgan fingerprint density at radius 3 is 1.74 bits per heavy atom. The van der Waals surface area contributed by atoms with Crippen molar-refractivity contribution in [2.75, 3.05) is 0 Å². The van der Waals surface area contributed by atoms with E-state index in [1.54, 1.807) is 6.07 Å². The molecule has 3 heteroatoms. The fourth-order valence-electron chi connectivity index (χ4n) is 3.27. The van der Waals surface area contributed by atoms with Crippen LogP contribution in [0.4, 0.5) is 0 Å². The highest BCUT2D eigenvalue weighted by molar-refractivity contribution is 5.35. The molecule has 1 aromatic heterocycles. The molecular formula is C20H37NO2. The number of H-pyrrole nitrogens is 1. The molecule has 1 atom stereocenters. The van der Waals surface area contributed by atoms with Gasteiger partial charge in [-0.1, -0.05) is 90.9 Å². The predicted molar refractivity (Wildman–Crippen MR) is 98.2 cm³/mol. The maximum atomic E-state index is 9.68. The predicted octanol–water partition coefficient (Wildman–Crippen LogP) is 6.62. The van der Waals surface area contributed by atoms with E-state index in [0.29, 0.717) is 5.92 Å². The van der Waals surface area contributed by atoms with E-state index in [4.69, 9.17) is 0 Å². The molecule has 0 aromatic carbocycles. The second-order valence-corrected chi connectivity index (χ2v) is 7.04. The molecule has 1 heterocycles. The molecule has 1 aromatic rings. The summed E-state index contributed by atoms with van der Waals surface area (Å²) in [6.45, 7) is 4.38. The van der Waals surface area contributed by atoms with Crippen LogP contribution in [-0.4, -0.2) is 15.2 Å². The van der Waals surface area contributed by atoms with Crippen molar-refractivity contribution in [1.29, 1.82) is 0 Å². The van der Waals surface area contributed by atoms with E-state index in [2.05, 4.69) is 18.8 Å². The van der Waals surface area contributed by atoms with Crippen LogP contribution in [0, 0.1) is 0 Å². The summed E-state index contributed by atoms with van der Waals surface area (Å²) >= 11 is 0. The molecule has 0 fully saturated rings. The monoisotopic (exact) mass is 323 g/mol. The molecule has 134 valence electrons. The maximum Gasteiger partial charge on any atom is 0.194 e. The van der Waals surface area contributed by atoms with E-state index < -0.39 is 0 Å². The summed E-state index contributed by atoms with van der Waals surface area (Å²) in [5.74, 6) is 0.475. The van der Waals surface area contributed by atoms with Gasteiger partial charge in [-0.2, -0.15) is 0 Å². The van der Waals surface area contributed by atoms with Crippen molar-refractivity contribution < 1.29 is 10.2 Å². The molecule has 1 rings (SSSR count). The lowest BCUT2D eigenvalue weighted by atomic mass is 9.96. The van der Waals surface area contributed by atoms with Gasteiger partial charge in [-0.3, -0.25) is 4.98 Å². The average Bonchev–Trinajstić information content (AvgIpc) is 2.87. The third-order valence-corrected chi connectivity index (χ3v) is 4.83. The number of hydrogen-bond acceptors (Lipinski definition) is 2. The molecule has 23 heavy (non-hydrogen) atoms. The zero-order valence-corrected chi connectivity index (χ0v) is 15.2. The average molecular weight is 324 g/mol. The molecule has 0 aliphatic carbocycles. The quantitative estimate of drug-likeness (QED) is 0.337. The van der Waals surface area contributed by atoms with Gasteiger partial charge >= 0.3 is 0 Å². The Bertz CT molecular complexity index is 400. The highest BCUT2D eigenvalue weighted by atomic mass is 16.3. The standard InChI is InChI=1S/C20H37NO2/c1-3-4-5-6-7-8-9-10-11-12-13-14-15-17(2)18-16-19(22)21-20(18)23/h16-17,21-23H,3-15H2,1-2H3. The topological polar surface area (TPSA) is 56.2 Å². The van der Waals surface area contributed by atoms with Crippen molar-refractivity contribution in [1.82, 2.24) is 4.98 Å². The van der Waals surface area contributed by atoms with Crippen LogP contribution in [-0.2, 0) is 0 Å². The summed E-state index contributed by atoms with van der Waals surface area (Å²) < 4.78 is 0. The van der Waals surface area contributed by atoms with Crippen molar-refractivity contribution in [2.24, 2.45) is 0 Å². The largest absolute Gasteiger partial charge is 0.495 e. The zero-order valence-electron chi connectivity index (χ0n) is 15.2. The Morgan fingerprint density at radius 1 is 0.826 bits per heavy atom. The molecule has 3 nitrogen and oxygen atoms in total. The molecule has 0 bridgehead atoms. The Hall–Kier alpha value is -1.12. The van der Waals surface area contributed by atoms with Gasteiger partial charge in [0.25, 0.3) is 0 Å². The first kappa shape index (κ1) is 19.9. The fourth-order valence-corrected chi connectivity index (χ4v) is 3.27. The molecule has 0 saturated carbocycles. The van der Waals surface area contributed by atoms with Gasteiger partial charge in [0.15, 0.2) is 11.8 Å². The van der Waals surface area contributed by atoms with E-state index in [1.807, 2.05) is 0 Å². The summed E-state index contributed by atoms with van der Waals surface area (Å²) in [5, 5.41) is 19.0. The Labute approximate surface area is 142 Å². The van der Waals surface area contributed by atoms with Crippen molar-refractivity contribution in [3.8, 4) is 11.8 Å². The van der Waals surface area contributed by atoms with Crippen molar-refractivity contribution in [3.63, 3.8) is 0 Å². The summed E-state index contributed by atoms with van der Waals surface area (Å²) in [4.78, 5) is 2.55. The molecule has 0 radical (unpaired) electrons. The zero-order chi connectivity index (χ0) is 16.9. The number of hydrogen-bond donors (Lipinski definition) is 3. The van der Waals surface area contributed by atoms with Gasteiger partial charge in [-0.05, 0) is 12.3 Å². The van der Waals surface area contributed by atoms with E-state index in [9.17, 15) is 10.2 Å². The lowest BCUT2D eigenvalue weighted by molar-refractivity contribution is 0.420. The summed E-state index contributed by atoms with van der Waals surface area (Å²) in [7, 11) is 0. The minimum Gasteiger partial charge on any atom is -0.495 e. The summed E-state index contributed by atoms with van der Waals surface area (Å²) in [5.41, 5.74) is 0.838. The Morgan fingerprint density at radius 2 is 1.30 bits per heavy atom. The lowest BCUT2D eigenvalue weighted by Gasteiger charge is -2.09. The van der Waals surface area contributed by atoms with Gasteiger partial charge < -0.3 is 10.2 Å². The molecule has 0 amide bonds. The van der Waals surface area contributed by atoms with E-state index >= 15 is 0 Å². The van der Waals surface area contributed by atoms with Gasteiger partial charge in [0.2, 0.25) is 0 Å². The van der Waals surface area contributed by atoms with E-state index in [0.717, 1.165) is 12.0 Å². The SMILES string of the molecule is CCCCCCCCCCCCCCC(C)c1cc(O)[nH]c1O. The van der Waals surface area contributed by atoms with Crippen LogP contribution < -0.4 is 0 Å². The van der Waals surface area contributed by atoms with Crippen LogP contribution in [0.15, 0.2) is 6.07 Å². The summed E-state index contributed by atoms with van der Waals surface area (Å²) in [6, 6.07) is 1.64. The first-order valence-corrected chi connectivity index (χ1v) is 9.76. The van der Waals surface area contributed by atoms with Crippen LogP contribution in [0.2, 0.25) is 0 Å². The number of aromatic amines is 1. The number of unbranched alkanes of at least 4 members (excludes halogenated alkanes) is 11. The minimum absolute atomic E-state index is 0.0547. The Balaban J connectivity index is 1.91. The fraction of sp³-hybridized carbons (Fsp3) is 0.800. The molecule has 0 spiro atoms. The third kappa shape index (κ3) is 8.92. The minimum atomic E-state index is 0.0547. The maximum absolute atomic E-state index is 9.68. The van der Waals surface area contributed by atoms with Crippen LogP contribution in [0.5, 0.6) is 11.8 Å². The van der Waals surface area contributed by atoms with Crippen LogP contribution in [0.25, 0.3) is 0 Å². The van der Waals surface area contributed by atoms with Gasteiger partial charge in [0.1, 0.15) is 0 Å². The van der Waals surface area contributed by atoms with Crippen LogP contribution >= 0.6 is 0 Å². The normalized spacial score (nSPS) is 12.6. The molecule has 0 saturated heterocycles. The first-order valence-electron chi connectivity index (χ1n) is 9.76. The van der Waals surface area contributed by atoms with Gasteiger partial charge in [0.05, 0.1) is 0 Å². The third-order valence-electron chi connectivity index (χ3n) is 4.83. The number of nitrogens with one attached hydrogen (secondary N) is 1. The smallest absolute Gasteiger partial charge is 0.194 e. The first-order chi connectivity index (χ1) is 11.1. The molecule has 0 aliphatic rings. The van der Waals surface area contributed by atoms with Gasteiger partial charge in [-0.15, -0.1) is 0 Å². The van der Waals surface area contributed by atoms with E-state index in [1.165, 1.54) is 77.0 Å². The molecule has 0 aliphatic heterocycles. The number of aromatic hydroxyl groups is 2. The highest BCUT2D eigenvalue weighted by Gasteiger charge is 2.13. The molecule has 3 N–H and O–H groups in total. The molecular weight excluding hydrogens is 286 g/mol. The van der Waals surface area contributed by atoms with Crippen LogP contribution in [0.3, 0.4) is 0 Å². The van der Waals surface area contributed by atoms with Crippen molar-refractivity contribution in [3.05, 3.63) is 11.6 Å². The number of rotatable bonds is 14. The molecule has 1 unspecified atom stereocenters. The Kier molecular flexibility index (Phi) is 10.7. The van der Waals surface area contributed by atoms with Crippen molar-refractivity contribution in [2.45, 2.75) is 103 Å². The van der Waals surface area contributed by atoms with E-state index in [-0.39, 0.29) is 11.8 Å². The summed E-state index contributed by atoms with van der Waals surface area (Å²) in [6.07, 6.45) is 17.4. The highest BCUT2D eigenvalue weighted by Crippen LogP contribution is 2.32. The van der Waals surface area contributed by atoms with Gasteiger partial charge in [0, 0.05) is 11.6 Å². The van der Waals surface area contributed by atoms with Gasteiger partial charge in [-0.25, -0.2) is 0 Å². The second-order valence-electron chi connectivity index (χ2n) is 7.04. The second kappa shape index (κ2) is 12.3. The lowest BCUT2D eigenvalue weighted by Crippen LogP contribution is -1.92. The van der Waals surface area contributed by atoms with Crippen LogP contribution in [0.1, 0.15) is 109 Å².